The molecule has 0 fully saturated rings. The van der Waals surface area contributed by atoms with Crippen molar-refractivity contribution in [3.63, 3.8) is 0 Å². The minimum Gasteiger partial charge on any atom is -0.480 e. The summed E-state index contributed by atoms with van der Waals surface area (Å²) in [4.78, 5) is 36.0. The van der Waals surface area contributed by atoms with E-state index in [2.05, 4.69) is 0 Å². The zero-order chi connectivity index (χ0) is 21.2. The van der Waals surface area contributed by atoms with Crippen LogP contribution in [0.2, 0.25) is 0 Å². The minimum atomic E-state index is -1.63. The van der Waals surface area contributed by atoms with E-state index in [-0.39, 0.29) is 23.7 Å². The number of carboxylic acid groups (broad SMARTS) is 1. The third-order valence-corrected chi connectivity index (χ3v) is 5.45. The van der Waals surface area contributed by atoms with E-state index in [0.29, 0.717) is 12.8 Å². The molecule has 1 aliphatic rings. The Kier molecular flexibility index (Phi) is 6.90. The van der Waals surface area contributed by atoms with Gasteiger partial charge in [0.25, 0.3) is 0 Å². The van der Waals surface area contributed by atoms with Crippen LogP contribution in [0.1, 0.15) is 68.2 Å². The highest BCUT2D eigenvalue weighted by Gasteiger charge is 2.49. The average Bonchev–Trinajstić information content (AvgIpc) is 2.53. The normalized spacial score (nSPS) is 21.1. The Bertz CT molecular complexity index is 612. The molecule has 0 aromatic heterocycles. The van der Waals surface area contributed by atoms with E-state index >= 15 is 0 Å². The van der Waals surface area contributed by atoms with Gasteiger partial charge in [-0.25, -0.2) is 0 Å². The van der Waals surface area contributed by atoms with Gasteiger partial charge in [-0.15, -0.1) is 0 Å². The van der Waals surface area contributed by atoms with Gasteiger partial charge in [0.15, 0.2) is 5.41 Å². The van der Waals surface area contributed by atoms with Crippen LogP contribution in [0, 0.1) is 23.2 Å². The molecule has 154 valence electrons. The van der Waals surface area contributed by atoms with Gasteiger partial charge in [0.2, 0.25) is 0 Å². The molecule has 0 radical (unpaired) electrons. The molecule has 1 N–H and O–H groups in total. The number of carboxylic acids is 1. The van der Waals surface area contributed by atoms with E-state index in [1.54, 1.807) is 27.7 Å². The number of rotatable bonds is 7. The molecule has 0 spiro atoms. The van der Waals surface area contributed by atoms with Crippen LogP contribution >= 0.6 is 0 Å². The molecular formula is C21H34O6. The summed E-state index contributed by atoms with van der Waals surface area (Å²) >= 11 is 0. The van der Waals surface area contributed by atoms with Gasteiger partial charge in [-0.2, -0.15) is 0 Å². The van der Waals surface area contributed by atoms with E-state index in [4.69, 9.17) is 9.47 Å². The summed E-state index contributed by atoms with van der Waals surface area (Å²) in [5, 5.41) is 9.28. The van der Waals surface area contributed by atoms with E-state index in [1.165, 1.54) is 13.8 Å². The predicted octanol–water partition coefficient (Wildman–Crippen LogP) is 3.98. The first-order valence-corrected chi connectivity index (χ1v) is 9.47. The van der Waals surface area contributed by atoms with E-state index in [9.17, 15) is 19.5 Å². The maximum absolute atomic E-state index is 12.5. The maximum Gasteiger partial charge on any atom is 0.323 e. The predicted molar refractivity (Wildman–Crippen MR) is 102 cm³/mol. The molecule has 0 amide bonds. The van der Waals surface area contributed by atoms with Gasteiger partial charge < -0.3 is 14.6 Å². The highest BCUT2D eigenvalue weighted by molar-refractivity contribution is 5.98. The van der Waals surface area contributed by atoms with Gasteiger partial charge in [0.05, 0.1) is 5.92 Å². The summed E-state index contributed by atoms with van der Waals surface area (Å²) in [7, 11) is 0. The molecule has 2 atom stereocenters. The third kappa shape index (κ3) is 5.33. The van der Waals surface area contributed by atoms with Crippen molar-refractivity contribution in [1.29, 1.82) is 0 Å². The molecule has 0 heterocycles. The Morgan fingerprint density at radius 1 is 0.889 bits per heavy atom. The molecule has 27 heavy (non-hydrogen) atoms. The SMILES string of the molecule is CC(C)C(=O)OC(C)(C)C1CC=CCC1C(C)(C)OC(=O)C(C)(C)C(=O)O. The lowest BCUT2D eigenvalue weighted by atomic mass is 9.67. The van der Waals surface area contributed by atoms with Crippen molar-refractivity contribution in [3.05, 3.63) is 12.2 Å². The first-order chi connectivity index (χ1) is 12.1. The van der Waals surface area contributed by atoms with E-state index in [0.717, 1.165) is 0 Å². The van der Waals surface area contributed by atoms with Crippen molar-refractivity contribution in [3.8, 4) is 0 Å². The van der Waals surface area contributed by atoms with Gasteiger partial charge in [0.1, 0.15) is 11.2 Å². The number of hydrogen-bond acceptors (Lipinski definition) is 5. The number of ether oxygens (including phenoxy) is 2. The Morgan fingerprint density at radius 3 is 1.67 bits per heavy atom. The molecule has 0 aliphatic heterocycles. The van der Waals surface area contributed by atoms with Gasteiger partial charge >= 0.3 is 17.9 Å². The second kappa shape index (κ2) is 8.03. The fourth-order valence-corrected chi connectivity index (χ4v) is 3.33. The third-order valence-electron chi connectivity index (χ3n) is 5.45. The monoisotopic (exact) mass is 382 g/mol. The van der Waals surface area contributed by atoms with Crippen molar-refractivity contribution in [2.75, 3.05) is 0 Å². The molecule has 0 saturated heterocycles. The van der Waals surface area contributed by atoms with Crippen LogP contribution in [0.15, 0.2) is 12.2 Å². The van der Waals surface area contributed by atoms with Crippen LogP contribution in [0.25, 0.3) is 0 Å². The average molecular weight is 382 g/mol. The molecule has 0 aromatic rings. The molecular weight excluding hydrogens is 348 g/mol. The summed E-state index contributed by atoms with van der Waals surface area (Å²) in [6, 6.07) is 0. The van der Waals surface area contributed by atoms with Crippen LogP contribution in [-0.4, -0.2) is 34.2 Å². The number of allylic oxidation sites excluding steroid dienone is 2. The minimum absolute atomic E-state index is 0.0686. The van der Waals surface area contributed by atoms with Gasteiger partial charge in [0, 0.05) is 11.8 Å². The van der Waals surface area contributed by atoms with Crippen molar-refractivity contribution < 1.29 is 29.0 Å². The highest BCUT2D eigenvalue weighted by Crippen LogP contribution is 2.44. The first kappa shape index (κ1) is 23.2. The summed E-state index contributed by atoms with van der Waals surface area (Å²) in [6.07, 6.45) is 5.41. The summed E-state index contributed by atoms with van der Waals surface area (Å²) in [6.45, 7) is 13.6. The van der Waals surface area contributed by atoms with Gasteiger partial charge in [-0.1, -0.05) is 26.0 Å². The second-order valence-electron chi connectivity index (χ2n) is 9.26. The van der Waals surface area contributed by atoms with Gasteiger partial charge in [-0.3, -0.25) is 14.4 Å². The number of hydrogen-bond donors (Lipinski definition) is 1. The molecule has 1 aliphatic carbocycles. The Morgan fingerprint density at radius 2 is 1.30 bits per heavy atom. The molecule has 6 nitrogen and oxygen atoms in total. The lowest BCUT2D eigenvalue weighted by molar-refractivity contribution is -0.190. The first-order valence-electron chi connectivity index (χ1n) is 9.47. The van der Waals surface area contributed by atoms with E-state index < -0.39 is 28.6 Å². The Balaban J connectivity index is 3.09. The second-order valence-corrected chi connectivity index (χ2v) is 9.26. The van der Waals surface area contributed by atoms with Crippen molar-refractivity contribution >= 4 is 17.9 Å². The van der Waals surface area contributed by atoms with Crippen LogP contribution in [0.4, 0.5) is 0 Å². The van der Waals surface area contributed by atoms with Crippen molar-refractivity contribution in [2.45, 2.75) is 79.4 Å². The summed E-state index contributed by atoms with van der Waals surface area (Å²) < 4.78 is 11.5. The summed E-state index contributed by atoms with van der Waals surface area (Å²) in [5.41, 5.74) is -3.29. The largest absolute Gasteiger partial charge is 0.480 e. The number of esters is 2. The standard InChI is InChI=1S/C21H34O6/c1-13(2)16(22)26-20(5,6)14-11-9-10-12-15(14)21(7,8)27-18(25)19(3,4)17(23)24/h9-10,13-15H,11-12H2,1-8H3,(H,23,24). The lowest BCUT2D eigenvalue weighted by Gasteiger charge is -2.46. The molecule has 6 heteroatoms. The highest BCUT2D eigenvalue weighted by atomic mass is 16.6. The number of carbonyl (C=O) groups excluding carboxylic acids is 2. The maximum atomic E-state index is 12.5. The topological polar surface area (TPSA) is 89.9 Å². The lowest BCUT2D eigenvalue weighted by Crippen LogP contribution is -2.51. The van der Waals surface area contributed by atoms with Crippen LogP contribution in [0.3, 0.4) is 0 Å². The summed E-state index contributed by atoms with van der Waals surface area (Å²) in [5.74, 6) is -2.69. The molecule has 0 bridgehead atoms. The Hall–Kier alpha value is -1.85. The fourth-order valence-electron chi connectivity index (χ4n) is 3.33. The van der Waals surface area contributed by atoms with Crippen molar-refractivity contribution in [2.24, 2.45) is 23.2 Å². The Labute approximate surface area is 162 Å². The van der Waals surface area contributed by atoms with Crippen LogP contribution in [-0.2, 0) is 23.9 Å². The van der Waals surface area contributed by atoms with Gasteiger partial charge in [-0.05, 0) is 54.4 Å². The molecule has 2 unspecified atom stereocenters. The molecule has 1 rings (SSSR count). The van der Waals surface area contributed by atoms with Crippen LogP contribution < -0.4 is 0 Å². The van der Waals surface area contributed by atoms with Crippen molar-refractivity contribution in [1.82, 2.24) is 0 Å². The zero-order valence-electron chi connectivity index (χ0n) is 17.8. The molecule has 0 saturated carbocycles. The van der Waals surface area contributed by atoms with Crippen LogP contribution in [0.5, 0.6) is 0 Å². The smallest absolute Gasteiger partial charge is 0.323 e. The fraction of sp³-hybridized carbons (Fsp3) is 0.762. The van der Waals surface area contributed by atoms with E-state index in [1.807, 2.05) is 26.0 Å². The molecule has 0 aromatic carbocycles. The number of aliphatic carboxylic acids is 1. The quantitative estimate of drug-likeness (QED) is 0.407. The number of carbonyl (C=O) groups is 3. The zero-order valence-corrected chi connectivity index (χ0v) is 17.8.